The molecule has 0 saturated heterocycles. The van der Waals surface area contributed by atoms with E-state index in [2.05, 4.69) is 222 Å². The van der Waals surface area contributed by atoms with Crippen LogP contribution in [0, 0.1) is 29.8 Å². The molecule has 1 radical (unpaired) electrons. The van der Waals surface area contributed by atoms with Gasteiger partial charge in [0.25, 0.3) is 0 Å². The quantitative estimate of drug-likeness (QED) is 0.0451. The van der Waals surface area contributed by atoms with Crippen LogP contribution in [0.3, 0.4) is 0 Å². The van der Waals surface area contributed by atoms with Gasteiger partial charge in [0.1, 0.15) is 5.58 Å². The molecule has 0 unspecified atom stereocenters. The topological polar surface area (TPSA) is 86.1 Å². The third-order valence-electron chi connectivity index (χ3n) is 18.0. The van der Waals surface area contributed by atoms with Crippen LogP contribution in [0.25, 0.3) is 111 Å². The number of rotatable bonds is 16. The van der Waals surface area contributed by atoms with Crippen molar-refractivity contribution in [1.29, 1.82) is 0 Å². The molecule has 92 heavy (non-hydrogen) atoms. The maximum Gasteiger partial charge on any atom is 0.162 e. The van der Waals surface area contributed by atoms with Crippen molar-refractivity contribution in [1.82, 2.24) is 19.1 Å². The second-order valence-electron chi connectivity index (χ2n) is 25.3. The zero-order chi connectivity index (χ0) is 64.2. The third-order valence-corrected chi connectivity index (χ3v) is 18.0. The minimum Gasteiger partial charge on any atom is -0.512 e. The summed E-state index contributed by atoms with van der Waals surface area (Å²) in [4.78, 5) is 21.9. The molecule has 471 valence electrons. The van der Waals surface area contributed by atoms with Gasteiger partial charge in [-0.1, -0.05) is 203 Å². The van der Waals surface area contributed by atoms with E-state index in [0.29, 0.717) is 11.8 Å². The number of halogens is 1. The molecule has 0 bridgehead atoms. The molecule has 0 aliphatic carbocycles. The molecular weight excluding hydrogens is 1310 g/mol. The van der Waals surface area contributed by atoms with Crippen molar-refractivity contribution in [3.8, 4) is 45.3 Å². The number of ketones is 1. The third kappa shape index (κ3) is 13.2. The molecule has 10 aromatic carbocycles. The Kier molecular flexibility index (Phi) is 20.7. The van der Waals surface area contributed by atoms with Crippen LogP contribution in [0.1, 0.15) is 155 Å². The van der Waals surface area contributed by atoms with E-state index in [9.17, 15) is 14.3 Å². The molecule has 9 heteroatoms. The monoisotopic (exact) mass is 1400 g/mol. The predicted molar refractivity (Wildman–Crippen MR) is 379 cm³/mol. The fourth-order valence-corrected chi connectivity index (χ4v) is 13.0. The number of para-hydroxylation sites is 5. The largest absolute Gasteiger partial charge is 0.512 e. The standard InChI is InChI=1S/C45H35N2O.C25H24FN2.C13H24O2.Ir/c1-27(2)36-24-32(29-13-6-5-7-14-29)25-37(28(3)4)43(36)47-41-20-11-10-19-40(41)46-45(47)35-18-12-17-34-39-23-31-22-21-30-15-8-9-16-33(30)38(31)26-42(39)48-44(34)35;1-16(2)20-8-7-9-21(17(3)4)24(20)28-23-11-6-5-10-22(23)27-25(28)18-12-14-19(26)15-13-18;1-5-10(6-2)12(14)9-13(15)11(7-3)8-4;/h5-17,19-28H,1-4H3;5-12,14-17H,1-4H3;9-11,14H,5-8H2,1-4H3;/q2*-1;;/b;;12-9-;. The number of hydrogen-bond acceptors (Lipinski definition) is 5. The number of imidazole rings is 2. The molecule has 13 rings (SSSR count). The fourth-order valence-electron chi connectivity index (χ4n) is 13.0. The zero-order valence-corrected chi connectivity index (χ0v) is 57.4. The van der Waals surface area contributed by atoms with Crippen LogP contribution in [0.2, 0.25) is 0 Å². The van der Waals surface area contributed by atoms with Gasteiger partial charge < -0.3 is 18.7 Å². The number of benzene rings is 10. The maximum atomic E-state index is 13.5. The Bertz CT molecular complexity index is 4710. The Morgan fingerprint density at radius 2 is 1.07 bits per heavy atom. The molecule has 7 nitrogen and oxygen atoms in total. The van der Waals surface area contributed by atoms with Gasteiger partial charge in [0.05, 0.1) is 45.1 Å². The van der Waals surface area contributed by atoms with Crippen molar-refractivity contribution in [2.75, 3.05) is 0 Å². The van der Waals surface area contributed by atoms with Gasteiger partial charge in [0.2, 0.25) is 0 Å². The number of furan rings is 1. The van der Waals surface area contributed by atoms with Crippen LogP contribution in [-0.2, 0) is 24.9 Å². The van der Waals surface area contributed by atoms with Crippen LogP contribution in [-0.4, -0.2) is 30.0 Å². The van der Waals surface area contributed by atoms with Crippen LogP contribution in [0.4, 0.5) is 4.39 Å². The Morgan fingerprint density at radius 3 is 1.65 bits per heavy atom. The van der Waals surface area contributed by atoms with Gasteiger partial charge in [-0.25, -0.2) is 0 Å². The number of aromatic nitrogens is 4. The molecule has 0 spiro atoms. The average molecular weight is 1400 g/mol. The van der Waals surface area contributed by atoms with Crippen LogP contribution in [0.15, 0.2) is 204 Å². The van der Waals surface area contributed by atoms with Gasteiger partial charge in [-0.3, -0.25) is 19.2 Å². The van der Waals surface area contributed by atoms with E-state index in [1.165, 1.54) is 84.5 Å². The van der Waals surface area contributed by atoms with Gasteiger partial charge in [-0.2, -0.15) is 0 Å². The summed E-state index contributed by atoms with van der Waals surface area (Å²) in [5.41, 5.74) is 17.3. The maximum absolute atomic E-state index is 13.5. The van der Waals surface area contributed by atoms with Crippen LogP contribution in [0.5, 0.6) is 0 Å². The number of fused-ring (bicyclic) bond motifs is 8. The number of hydrogen-bond donors (Lipinski definition) is 1. The van der Waals surface area contributed by atoms with Crippen molar-refractivity contribution in [2.24, 2.45) is 11.8 Å². The summed E-state index contributed by atoms with van der Waals surface area (Å²) in [6, 6.07) is 71.4. The summed E-state index contributed by atoms with van der Waals surface area (Å²) >= 11 is 0. The SMILES string of the molecule is CC(C)c1cc(-c2ccccc2)cc(C(C)C)c1-n1c(-c2[c-]ccc3c2oc2cc4c(ccc5ccccc54)cc23)nc2ccccc21.CC(C)c1cccc(C(C)C)c1-n1c(-c2[c-]cc(F)cc2)nc2ccccc21.CCC(CC)C(=O)/C=C(\O)C(CC)CC.[Ir]. The first-order chi connectivity index (χ1) is 44.0. The summed E-state index contributed by atoms with van der Waals surface area (Å²) < 4.78 is 24.9. The van der Waals surface area contributed by atoms with Gasteiger partial charge in [0, 0.05) is 60.6 Å². The Balaban J connectivity index is 0.000000178. The number of aliphatic hydroxyl groups is 1. The molecule has 3 aromatic heterocycles. The van der Waals surface area contributed by atoms with Crippen molar-refractivity contribution < 1.29 is 38.8 Å². The second-order valence-corrected chi connectivity index (χ2v) is 25.3. The number of carbonyl (C=O) groups is 1. The molecule has 0 aliphatic heterocycles. The number of nitrogens with zero attached hydrogens (tertiary/aromatic N) is 4. The van der Waals surface area contributed by atoms with E-state index in [0.717, 1.165) is 92.5 Å². The van der Waals surface area contributed by atoms with Crippen molar-refractivity contribution in [3.05, 3.63) is 240 Å². The van der Waals surface area contributed by atoms with Gasteiger partial charge >= 0.3 is 0 Å². The summed E-state index contributed by atoms with van der Waals surface area (Å²) in [5, 5.41) is 16.8. The number of aliphatic hydroxyl groups excluding tert-OH is 1. The van der Waals surface area contributed by atoms with E-state index in [-0.39, 0.29) is 61.1 Å². The average Bonchev–Trinajstić information content (AvgIpc) is 1.55. The van der Waals surface area contributed by atoms with Gasteiger partial charge in [-0.05, 0) is 153 Å². The Labute approximate surface area is 555 Å². The minimum absolute atomic E-state index is 0. The zero-order valence-electron chi connectivity index (χ0n) is 55.0. The van der Waals surface area contributed by atoms with E-state index in [1.807, 2.05) is 52.0 Å². The first-order valence-electron chi connectivity index (χ1n) is 32.7. The molecule has 0 atom stereocenters. The molecule has 13 aromatic rings. The molecule has 0 amide bonds. The second kappa shape index (κ2) is 28.8. The smallest absolute Gasteiger partial charge is 0.162 e. The minimum atomic E-state index is -0.295. The van der Waals surface area contributed by atoms with Crippen molar-refractivity contribution in [2.45, 2.75) is 132 Å². The van der Waals surface area contributed by atoms with Crippen molar-refractivity contribution in [3.63, 3.8) is 0 Å². The summed E-state index contributed by atoms with van der Waals surface area (Å²) in [5.74, 6) is 3.16. The molecule has 0 fully saturated rings. The molecular formula is C83H83FIrN4O3-2. The summed E-state index contributed by atoms with van der Waals surface area (Å²) in [6.45, 7) is 26.1. The van der Waals surface area contributed by atoms with Crippen LogP contribution < -0.4 is 0 Å². The van der Waals surface area contributed by atoms with E-state index >= 15 is 0 Å². The Hall–Kier alpha value is -8.75. The predicted octanol–water partition coefficient (Wildman–Crippen LogP) is 23.4. The Morgan fingerprint density at radius 1 is 0.522 bits per heavy atom. The molecule has 0 saturated carbocycles. The number of allylic oxidation sites excluding steroid dienone is 2. The van der Waals surface area contributed by atoms with E-state index in [1.54, 1.807) is 6.07 Å². The fraction of sp³-hybridized carbons (Fsp3) is 0.265. The summed E-state index contributed by atoms with van der Waals surface area (Å²) in [7, 11) is 0. The van der Waals surface area contributed by atoms with Gasteiger partial charge in [-0.15, -0.1) is 48.0 Å². The normalized spacial score (nSPS) is 11.9. The van der Waals surface area contributed by atoms with E-state index in [4.69, 9.17) is 14.4 Å². The first kappa shape index (κ1) is 66.2. The van der Waals surface area contributed by atoms with Crippen LogP contribution >= 0.6 is 0 Å². The molecule has 1 N–H and O–H groups in total. The first-order valence-corrected chi connectivity index (χ1v) is 32.7. The van der Waals surface area contributed by atoms with Gasteiger partial charge in [0.15, 0.2) is 5.78 Å². The number of carbonyl (C=O) groups excluding carboxylic acids is 1. The summed E-state index contributed by atoms with van der Waals surface area (Å²) in [6.07, 6.45) is 4.91. The molecule has 0 aliphatic rings. The van der Waals surface area contributed by atoms with Crippen molar-refractivity contribution >= 4 is 71.3 Å². The molecule has 3 heterocycles. The van der Waals surface area contributed by atoms with E-state index < -0.39 is 0 Å².